The predicted molar refractivity (Wildman–Crippen MR) is 43.5 cm³/mol. The lowest BCUT2D eigenvalue weighted by molar-refractivity contribution is 0.00677. The summed E-state index contributed by atoms with van der Waals surface area (Å²) in [4.78, 5) is 2.24. The van der Waals surface area contributed by atoms with Gasteiger partial charge >= 0.3 is 0 Å². The van der Waals surface area contributed by atoms with Crippen LogP contribution in [0.4, 0.5) is 0 Å². The fourth-order valence-electron chi connectivity index (χ4n) is 1.52. The lowest BCUT2D eigenvalue weighted by atomic mass is 10.0. The van der Waals surface area contributed by atoms with Crippen LogP contribution in [0.1, 0.15) is 6.92 Å². The molecule has 0 aromatic rings. The number of hydrogen-bond acceptors (Lipinski definition) is 3. The first-order chi connectivity index (χ1) is 5.22. The van der Waals surface area contributed by atoms with Crippen molar-refractivity contribution in [2.24, 2.45) is 5.92 Å². The Morgan fingerprint density at radius 2 is 2.27 bits per heavy atom. The zero-order valence-corrected chi connectivity index (χ0v) is 7.29. The van der Waals surface area contributed by atoms with E-state index >= 15 is 0 Å². The van der Waals surface area contributed by atoms with E-state index in [-0.39, 0.29) is 6.10 Å². The number of aliphatic hydroxyl groups is 1. The highest BCUT2D eigenvalue weighted by molar-refractivity contribution is 4.77. The number of ether oxygens (including phenoxy) is 1. The van der Waals surface area contributed by atoms with Gasteiger partial charge in [0.05, 0.1) is 12.7 Å². The van der Waals surface area contributed by atoms with Crippen LogP contribution in [0.3, 0.4) is 0 Å². The Balaban J connectivity index is 2.02. The second-order valence-corrected chi connectivity index (χ2v) is 3.43. The lowest BCUT2D eigenvalue weighted by Crippen LogP contribution is -2.49. The molecule has 0 bridgehead atoms. The first kappa shape index (κ1) is 8.97. The van der Waals surface area contributed by atoms with E-state index in [0.717, 1.165) is 25.6 Å². The number of nitrogens with zero attached hydrogens (tertiary/aromatic N) is 1. The third-order valence-electron chi connectivity index (χ3n) is 1.97. The van der Waals surface area contributed by atoms with Gasteiger partial charge in [0, 0.05) is 26.7 Å². The van der Waals surface area contributed by atoms with Crippen molar-refractivity contribution in [3.63, 3.8) is 0 Å². The Morgan fingerprint density at radius 3 is 2.73 bits per heavy atom. The predicted octanol–water partition coefficient (Wildman–Crippen LogP) is -0.0546. The molecule has 1 saturated heterocycles. The van der Waals surface area contributed by atoms with Gasteiger partial charge in [-0.15, -0.1) is 0 Å². The molecule has 1 rings (SSSR count). The molecule has 0 spiro atoms. The van der Waals surface area contributed by atoms with Crippen molar-refractivity contribution < 1.29 is 9.84 Å². The van der Waals surface area contributed by atoms with Gasteiger partial charge in [0.25, 0.3) is 0 Å². The molecule has 1 aliphatic rings. The van der Waals surface area contributed by atoms with Crippen molar-refractivity contribution in [3.8, 4) is 0 Å². The monoisotopic (exact) mass is 159 g/mol. The molecule has 0 amide bonds. The molecular formula is C8H17NO2. The number of β-amino-alcohol motifs (C(OH)–C–C–N with tert-alkyl or cyclic N) is 1. The summed E-state index contributed by atoms with van der Waals surface area (Å²) in [6, 6.07) is 0. The highest BCUT2D eigenvalue weighted by Crippen LogP contribution is 2.13. The van der Waals surface area contributed by atoms with E-state index in [1.54, 1.807) is 7.11 Å². The maximum atomic E-state index is 9.30. The molecule has 66 valence electrons. The van der Waals surface area contributed by atoms with E-state index in [9.17, 15) is 5.11 Å². The van der Waals surface area contributed by atoms with Crippen LogP contribution in [0.25, 0.3) is 0 Å². The van der Waals surface area contributed by atoms with E-state index in [0.29, 0.717) is 6.61 Å². The smallest absolute Gasteiger partial charge is 0.0900 e. The molecule has 0 aromatic carbocycles. The Bertz CT molecular complexity index is 110. The van der Waals surface area contributed by atoms with Crippen molar-refractivity contribution in [2.45, 2.75) is 13.0 Å². The molecule has 1 heterocycles. The van der Waals surface area contributed by atoms with Crippen molar-refractivity contribution >= 4 is 0 Å². The van der Waals surface area contributed by atoms with Gasteiger partial charge < -0.3 is 14.7 Å². The van der Waals surface area contributed by atoms with E-state index in [1.807, 2.05) is 0 Å². The molecule has 1 fully saturated rings. The first-order valence-corrected chi connectivity index (χ1v) is 4.11. The normalized spacial score (nSPS) is 23.2. The van der Waals surface area contributed by atoms with Crippen molar-refractivity contribution in [2.75, 3.05) is 33.4 Å². The minimum atomic E-state index is -0.313. The minimum absolute atomic E-state index is 0.313. The third kappa shape index (κ3) is 2.77. The van der Waals surface area contributed by atoms with Gasteiger partial charge in [-0.2, -0.15) is 0 Å². The van der Waals surface area contributed by atoms with Crippen molar-refractivity contribution in [3.05, 3.63) is 0 Å². The van der Waals surface area contributed by atoms with Crippen LogP contribution in [-0.2, 0) is 4.74 Å². The molecule has 3 nitrogen and oxygen atoms in total. The minimum Gasteiger partial charge on any atom is -0.389 e. The summed E-state index contributed by atoms with van der Waals surface area (Å²) in [5.74, 6) is 0.810. The number of rotatable bonds is 4. The summed E-state index contributed by atoms with van der Waals surface area (Å²) >= 11 is 0. The van der Waals surface area contributed by atoms with Crippen LogP contribution < -0.4 is 0 Å². The summed E-state index contributed by atoms with van der Waals surface area (Å²) in [7, 11) is 1.61. The summed E-state index contributed by atoms with van der Waals surface area (Å²) in [6.45, 7) is 5.68. The maximum Gasteiger partial charge on any atom is 0.0900 e. The second-order valence-electron chi connectivity index (χ2n) is 3.43. The van der Waals surface area contributed by atoms with E-state index in [2.05, 4.69) is 11.8 Å². The number of likely N-dealkylation sites (tertiary alicyclic amines) is 1. The zero-order valence-electron chi connectivity index (χ0n) is 7.29. The number of aliphatic hydroxyl groups excluding tert-OH is 1. The highest BCUT2D eigenvalue weighted by Gasteiger charge is 2.23. The molecule has 11 heavy (non-hydrogen) atoms. The van der Waals surface area contributed by atoms with Gasteiger partial charge in [-0.1, -0.05) is 6.92 Å². The Morgan fingerprint density at radius 1 is 1.64 bits per heavy atom. The summed E-state index contributed by atoms with van der Waals surface area (Å²) in [5, 5.41) is 9.30. The second kappa shape index (κ2) is 4.04. The molecule has 0 aliphatic carbocycles. The van der Waals surface area contributed by atoms with E-state index < -0.39 is 0 Å². The molecule has 0 aromatic heterocycles. The van der Waals surface area contributed by atoms with Gasteiger partial charge in [0.1, 0.15) is 0 Å². The molecule has 0 radical (unpaired) electrons. The Kier molecular flexibility index (Phi) is 3.30. The Hall–Kier alpha value is -0.120. The summed E-state index contributed by atoms with van der Waals surface area (Å²) in [5.41, 5.74) is 0. The summed E-state index contributed by atoms with van der Waals surface area (Å²) in [6.07, 6.45) is -0.313. The number of hydrogen-bond donors (Lipinski definition) is 1. The van der Waals surface area contributed by atoms with Gasteiger partial charge in [-0.05, 0) is 5.92 Å². The SMILES string of the molecule is COCC(O)CN1CC(C)C1. The average molecular weight is 159 g/mol. The topological polar surface area (TPSA) is 32.7 Å². The first-order valence-electron chi connectivity index (χ1n) is 4.11. The van der Waals surface area contributed by atoms with E-state index in [4.69, 9.17) is 4.74 Å². The van der Waals surface area contributed by atoms with Crippen LogP contribution in [0, 0.1) is 5.92 Å². The van der Waals surface area contributed by atoms with E-state index in [1.165, 1.54) is 0 Å². The molecule has 1 atom stereocenters. The average Bonchev–Trinajstić information content (AvgIpc) is 1.85. The molecule has 3 heteroatoms. The fraction of sp³-hybridized carbons (Fsp3) is 1.00. The largest absolute Gasteiger partial charge is 0.389 e. The fourth-order valence-corrected chi connectivity index (χ4v) is 1.52. The van der Waals surface area contributed by atoms with Crippen molar-refractivity contribution in [1.29, 1.82) is 0 Å². The number of methoxy groups -OCH3 is 1. The molecule has 0 saturated carbocycles. The van der Waals surface area contributed by atoms with Crippen LogP contribution in [-0.4, -0.2) is 49.5 Å². The molecule has 1 N–H and O–H groups in total. The van der Waals surface area contributed by atoms with Gasteiger partial charge in [0.2, 0.25) is 0 Å². The summed E-state index contributed by atoms with van der Waals surface area (Å²) < 4.78 is 4.82. The highest BCUT2D eigenvalue weighted by atomic mass is 16.5. The molecule has 1 unspecified atom stereocenters. The molecule has 1 aliphatic heterocycles. The zero-order chi connectivity index (χ0) is 8.27. The molecular weight excluding hydrogens is 142 g/mol. The third-order valence-corrected chi connectivity index (χ3v) is 1.97. The van der Waals surface area contributed by atoms with Gasteiger partial charge in [0.15, 0.2) is 0 Å². The van der Waals surface area contributed by atoms with Gasteiger partial charge in [-0.25, -0.2) is 0 Å². The maximum absolute atomic E-state index is 9.30. The Labute approximate surface area is 68.0 Å². The quantitative estimate of drug-likeness (QED) is 0.624. The standard InChI is InChI=1S/C8H17NO2/c1-7-3-9(4-7)5-8(10)6-11-2/h7-8,10H,3-6H2,1-2H3. The van der Waals surface area contributed by atoms with Gasteiger partial charge in [-0.3, -0.25) is 0 Å². The lowest BCUT2D eigenvalue weighted by Gasteiger charge is -2.38. The van der Waals surface area contributed by atoms with Crippen molar-refractivity contribution in [1.82, 2.24) is 4.90 Å². The van der Waals surface area contributed by atoms with Crippen LogP contribution in [0.15, 0.2) is 0 Å². The van der Waals surface area contributed by atoms with Crippen LogP contribution in [0.2, 0.25) is 0 Å². The van der Waals surface area contributed by atoms with Crippen LogP contribution in [0.5, 0.6) is 0 Å². The van der Waals surface area contributed by atoms with Crippen LogP contribution >= 0.6 is 0 Å².